The van der Waals surface area contributed by atoms with Crippen molar-refractivity contribution < 1.29 is 9.59 Å². The van der Waals surface area contributed by atoms with Gasteiger partial charge < -0.3 is 10.2 Å². The molecule has 4 nitrogen and oxygen atoms in total. The molecule has 0 unspecified atom stereocenters. The van der Waals surface area contributed by atoms with E-state index in [1.165, 1.54) is 0 Å². The van der Waals surface area contributed by atoms with Crippen LogP contribution >= 0.6 is 0 Å². The Bertz CT molecular complexity index is 506. The number of rotatable bonds is 2. The molecule has 1 aromatic carbocycles. The summed E-state index contributed by atoms with van der Waals surface area (Å²) in [6.07, 6.45) is 0. The Kier molecular flexibility index (Phi) is 3.12. The summed E-state index contributed by atoms with van der Waals surface area (Å²) in [7, 11) is 0. The smallest absolute Gasteiger partial charge is 0.248 e. The summed E-state index contributed by atoms with van der Waals surface area (Å²) in [5, 5.41) is 2.78. The van der Waals surface area contributed by atoms with Crippen molar-refractivity contribution in [2.24, 2.45) is 0 Å². The van der Waals surface area contributed by atoms with Gasteiger partial charge >= 0.3 is 0 Å². The predicted octanol–water partition coefficient (Wildman–Crippen LogP) is 1.70. The van der Waals surface area contributed by atoms with Crippen molar-refractivity contribution in [2.45, 2.75) is 45.3 Å². The summed E-state index contributed by atoms with van der Waals surface area (Å²) in [5.41, 5.74) is -0.654. The Balaban J connectivity index is 2.34. The topological polar surface area (TPSA) is 49.4 Å². The Morgan fingerprint density at radius 2 is 1.63 bits per heavy atom. The van der Waals surface area contributed by atoms with Crippen molar-refractivity contribution in [2.75, 3.05) is 0 Å². The summed E-state index contributed by atoms with van der Waals surface area (Å²) in [5.74, 6) is -0.172. The van der Waals surface area contributed by atoms with E-state index in [1.807, 2.05) is 30.3 Å². The van der Waals surface area contributed by atoms with E-state index >= 15 is 0 Å². The third-order valence-corrected chi connectivity index (χ3v) is 3.62. The van der Waals surface area contributed by atoms with Crippen molar-refractivity contribution in [3.05, 3.63) is 35.9 Å². The summed E-state index contributed by atoms with van der Waals surface area (Å²) in [4.78, 5) is 26.4. The van der Waals surface area contributed by atoms with Gasteiger partial charge in [0.05, 0.1) is 0 Å². The van der Waals surface area contributed by atoms with Crippen molar-refractivity contribution in [1.29, 1.82) is 0 Å². The molecule has 1 N–H and O–H groups in total. The SMILES string of the molecule is CC1(C)NC(=O)C(C)(C)N(Cc2ccccc2)C1=O. The highest BCUT2D eigenvalue weighted by molar-refractivity contribution is 6.01. The number of piperazine rings is 1. The molecule has 1 aromatic rings. The number of carbonyl (C=O) groups excluding carboxylic acids is 2. The molecule has 0 aliphatic carbocycles. The first kappa shape index (κ1) is 13.6. The van der Waals surface area contributed by atoms with Crippen molar-refractivity contribution >= 4 is 11.8 Å². The van der Waals surface area contributed by atoms with Crippen molar-refractivity contribution in [3.63, 3.8) is 0 Å². The Labute approximate surface area is 113 Å². The molecular formula is C15H20N2O2. The minimum atomic E-state index is -0.846. The number of hydrogen-bond acceptors (Lipinski definition) is 2. The van der Waals surface area contributed by atoms with Crippen LogP contribution in [0.1, 0.15) is 33.3 Å². The standard InChI is InChI=1S/C15H20N2O2/c1-14(2)13(19)17(15(3,4)12(18)16-14)10-11-8-6-5-7-9-11/h5-9H,10H2,1-4H3,(H,16,18). The molecule has 1 saturated heterocycles. The Morgan fingerprint density at radius 3 is 2.21 bits per heavy atom. The fraction of sp³-hybridized carbons (Fsp3) is 0.467. The maximum atomic E-state index is 12.5. The number of benzene rings is 1. The molecule has 0 bridgehead atoms. The van der Waals surface area contributed by atoms with Gasteiger partial charge in [-0.2, -0.15) is 0 Å². The first-order chi connectivity index (χ1) is 8.75. The minimum Gasteiger partial charge on any atom is -0.340 e. The zero-order valence-corrected chi connectivity index (χ0v) is 11.9. The molecule has 102 valence electrons. The zero-order chi connectivity index (χ0) is 14.3. The van der Waals surface area contributed by atoms with Crippen LogP contribution in [-0.2, 0) is 16.1 Å². The van der Waals surface area contributed by atoms with E-state index in [2.05, 4.69) is 5.32 Å². The van der Waals surface area contributed by atoms with Gasteiger partial charge in [0.2, 0.25) is 11.8 Å². The third kappa shape index (κ3) is 2.35. The average Bonchev–Trinajstić information content (AvgIpc) is 2.34. The lowest BCUT2D eigenvalue weighted by molar-refractivity contribution is -0.160. The van der Waals surface area contributed by atoms with Crippen LogP contribution in [0.2, 0.25) is 0 Å². The van der Waals surface area contributed by atoms with Crippen molar-refractivity contribution in [1.82, 2.24) is 10.2 Å². The monoisotopic (exact) mass is 260 g/mol. The number of nitrogens with zero attached hydrogens (tertiary/aromatic N) is 1. The number of hydrogen-bond donors (Lipinski definition) is 1. The zero-order valence-electron chi connectivity index (χ0n) is 11.9. The molecule has 0 spiro atoms. The molecule has 2 amide bonds. The largest absolute Gasteiger partial charge is 0.340 e. The van der Waals surface area contributed by atoms with Gasteiger partial charge in [-0.3, -0.25) is 9.59 Å². The predicted molar refractivity (Wildman–Crippen MR) is 73.3 cm³/mol. The van der Waals surface area contributed by atoms with Crippen molar-refractivity contribution in [3.8, 4) is 0 Å². The summed E-state index contributed by atoms with van der Waals surface area (Å²) < 4.78 is 0. The second-order valence-electron chi connectivity index (χ2n) is 6.02. The lowest BCUT2D eigenvalue weighted by Crippen LogP contribution is -2.71. The Hall–Kier alpha value is -1.84. The molecular weight excluding hydrogens is 240 g/mol. The Morgan fingerprint density at radius 1 is 1.05 bits per heavy atom. The first-order valence-corrected chi connectivity index (χ1v) is 6.44. The van der Waals surface area contributed by atoms with Crippen LogP contribution < -0.4 is 5.32 Å². The lowest BCUT2D eigenvalue weighted by Gasteiger charge is -2.47. The highest BCUT2D eigenvalue weighted by atomic mass is 16.2. The molecule has 0 saturated carbocycles. The van der Waals surface area contributed by atoms with Crippen LogP contribution in [0.3, 0.4) is 0 Å². The minimum absolute atomic E-state index is 0.0547. The van der Waals surface area contributed by atoms with Crippen LogP contribution in [0, 0.1) is 0 Å². The summed E-state index contributed by atoms with van der Waals surface area (Å²) in [6.45, 7) is 7.47. The van der Waals surface area contributed by atoms with Gasteiger partial charge in [-0.05, 0) is 33.3 Å². The van der Waals surface area contributed by atoms with E-state index in [0.29, 0.717) is 6.54 Å². The van der Waals surface area contributed by atoms with Gasteiger partial charge in [-0.25, -0.2) is 0 Å². The fourth-order valence-corrected chi connectivity index (χ4v) is 2.24. The van der Waals surface area contributed by atoms with Gasteiger partial charge in [-0.15, -0.1) is 0 Å². The highest BCUT2D eigenvalue weighted by Crippen LogP contribution is 2.27. The van der Waals surface area contributed by atoms with Gasteiger partial charge in [0, 0.05) is 6.54 Å². The van der Waals surface area contributed by atoms with Crippen LogP contribution in [0.25, 0.3) is 0 Å². The molecule has 0 aromatic heterocycles. The molecule has 0 radical (unpaired) electrons. The quantitative estimate of drug-likeness (QED) is 0.880. The maximum Gasteiger partial charge on any atom is 0.248 e. The lowest BCUT2D eigenvalue weighted by atomic mass is 9.89. The molecule has 4 heteroatoms. The number of amides is 2. The van der Waals surface area contributed by atoms with Gasteiger partial charge in [-0.1, -0.05) is 30.3 Å². The molecule has 1 aliphatic heterocycles. The van der Waals surface area contributed by atoms with Gasteiger partial charge in [0.1, 0.15) is 11.1 Å². The van der Waals surface area contributed by atoms with E-state index in [4.69, 9.17) is 0 Å². The third-order valence-electron chi connectivity index (χ3n) is 3.62. The van der Waals surface area contributed by atoms with Crippen LogP contribution in [0.5, 0.6) is 0 Å². The summed E-state index contributed by atoms with van der Waals surface area (Å²) >= 11 is 0. The average molecular weight is 260 g/mol. The molecule has 1 aliphatic rings. The number of nitrogens with one attached hydrogen (secondary N) is 1. The van der Waals surface area contributed by atoms with Crippen LogP contribution in [0.15, 0.2) is 30.3 Å². The van der Waals surface area contributed by atoms with Gasteiger partial charge in [0.15, 0.2) is 0 Å². The second-order valence-corrected chi connectivity index (χ2v) is 6.02. The number of carbonyl (C=O) groups is 2. The van der Waals surface area contributed by atoms with E-state index in [1.54, 1.807) is 32.6 Å². The molecule has 19 heavy (non-hydrogen) atoms. The van der Waals surface area contributed by atoms with E-state index in [-0.39, 0.29) is 11.8 Å². The molecule has 1 fully saturated rings. The molecule has 2 rings (SSSR count). The van der Waals surface area contributed by atoms with E-state index in [0.717, 1.165) is 5.56 Å². The second kappa shape index (κ2) is 4.37. The summed E-state index contributed by atoms with van der Waals surface area (Å²) in [6, 6.07) is 9.72. The van der Waals surface area contributed by atoms with Gasteiger partial charge in [0.25, 0.3) is 0 Å². The normalized spacial score (nSPS) is 21.2. The van der Waals surface area contributed by atoms with Crippen LogP contribution in [0.4, 0.5) is 0 Å². The maximum absolute atomic E-state index is 12.5. The van der Waals surface area contributed by atoms with E-state index in [9.17, 15) is 9.59 Å². The fourth-order valence-electron chi connectivity index (χ4n) is 2.24. The van der Waals surface area contributed by atoms with Crippen LogP contribution in [-0.4, -0.2) is 27.8 Å². The molecule has 0 atom stereocenters. The molecule has 1 heterocycles. The van der Waals surface area contributed by atoms with E-state index < -0.39 is 11.1 Å². The highest BCUT2D eigenvalue weighted by Gasteiger charge is 2.49. The first-order valence-electron chi connectivity index (χ1n) is 6.44.